The number of carbonyl (C=O) groups excluding carboxylic acids is 1. The first-order valence-corrected chi connectivity index (χ1v) is 5.52. The number of hydrogen-bond acceptors (Lipinski definition) is 4. The van der Waals surface area contributed by atoms with Gasteiger partial charge in [0.05, 0.1) is 6.04 Å². The average Bonchev–Trinajstić information content (AvgIpc) is 2.34. The Bertz CT molecular complexity index is 441. The fraction of sp³-hybridized carbons (Fsp3) is 0.308. The van der Waals surface area contributed by atoms with E-state index in [9.17, 15) is 9.59 Å². The molecule has 1 rings (SSSR count). The lowest BCUT2D eigenvalue weighted by Crippen LogP contribution is -2.35. The first kappa shape index (κ1) is 14.1. The van der Waals surface area contributed by atoms with Crippen LogP contribution in [0.4, 0.5) is 0 Å². The molecule has 1 atom stereocenters. The maximum Gasteiger partial charge on any atom is 0.327 e. The Labute approximate surface area is 106 Å². The van der Waals surface area contributed by atoms with E-state index in [1.165, 1.54) is 6.08 Å². The molecule has 0 amide bonds. The smallest absolute Gasteiger partial charge is 0.327 e. The third-order valence-corrected chi connectivity index (χ3v) is 2.51. The maximum absolute atomic E-state index is 12.2. The standard InChI is InChI=1S/C13H16N2O3/c1-15(2)11(4-3-5-12(16)17)13(18)10-6-8-14-9-7-10/h3,5-9,11H,4H2,1-2H3,(H,16,17). The maximum atomic E-state index is 12.2. The van der Waals surface area contributed by atoms with Crippen LogP contribution in [0, 0.1) is 0 Å². The molecule has 5 nitrogen and oxygen atoms in total. The fourth-order valence-corrected chi connectivity index (χ4v) is 1.56. The molecule has 0 saturated carbocycles. The minimum Gasteiger partial charge on any atom is -0.478 e. The summed E-state index contributed by atoms with van der Waals surface area (Å²) in [5, 5.41) is 8.53. The van der Waals surface area contributed by atoms with Crippen molar-refractivity contribution in [2.24, 2.45) is 0 Å². The molecule has 1 aromatic rings. The van der Waals surface area contributed by atoms with Crippen LogP contribution in [0.3, 0.4) is 0 Å². The van der Waals surface area contributed by atoms with E-state index in [0.717, 1.165) is 6.08 Å². The van der Waals surface area contributed by atoms with Crippen molar-refractivity contribution in [2.45, 2.75) is 12.5 Å². The zero-order valence-corrected chi connectivity index (χ0v) is 10.4. The van der Waals surface area contributed by atoms with Crippen molar-refractivity contribution in [1.29, 1.82) is 0 Å². The van der Waals surface area contributed by atoms with Crippen LogP contribution in [0.25, 0.3) is 0 Å². The fourth-order valence-electron chi connectivity index (χ4n) is 1.56. The molecule has 5 heteroatoms. The van der Waals surface area contributed by atoms with Crippen LogP contribution in [0.1, 0.15) is 16.8 Å². The SMILES string of the molecule is CN(C)C(CC=CC(=O)O)C(=O)c1ccncc1. The largest absolute Gasteiger partial charge is 0.478 e. The number of carbonyl (C=O) groups is 2. The molecule has 0 aliphatic carbocycles. The number of nitrogens with zero attached hydrogens (tertiary/aromatic N) is 2. The summed E-state index contributed by atoms with van der Waals surface area (Å²) in [5.41, 5.74) is 0.576. The molecule has 0 radical (unpaired) electrons. The van der Waals surface area contributed by atoms with Crippen molar-refractivity contribution >= 4 is 11.8 Å². The summed E-state index contributed by atoms with van der Waals surface area (Å²) in [5.74, 6) is -1.05. The van der Waals surface area contributed by atoms with Gasteiger partial charge in [-0.15, -0.1) is 0 Å². The number of ketones is 1. The Kier molecular flexibility index (Phi) is 5.20. The molecule has 0 aliphatic rings. The third kappa shape index (κ3) is 4.10. The molecule has 1 unspecified atom stereocenters. The van der Waals surface area contributed by atoms with E-state index in [4.69, 9.17) is 5.11 Å². The zero-order chi connectivity index (χ0) is 13.5. The number of carboxylic acid groups (broad SMARTS) is 1. The monoisotopic (exact) mass is 248 g/mol. The summed E-state index contributed by atoms with van der Waals surface area (Å²) in [7, 11) is 3.58. The molecule has 0 spiro atoms. The second kappa shape index (κ2) is 6.66. The molecular formula is C13H16N2O3. The van der Waals surface area contributed by atoms with Gasteiger partial charge in [-0.2, -0.15) is 0 Å². The molecule has 0 fully saturated rings. The summed E-state index contributed by atoms with van der Waals surface area (Å²) < 4.78 is 0. The Morgan fingerprint density at radius 3 is 2.50 bits per heavy atom. The molecule has 0 aliphatic heterocycles. The van der Waals surface area contributed by atoms with Gasteiger partial charge in [-0.05, 0) is 32.6 Å². The lowest BCUT2D eigenvalue weighted by Gasteiger charge is -2.21. The van der Waals surface area contributed by atoms with Crippen LogP contribution in [0.5, 0.6) is 0 Å². The lowest BCUT2D eigenvalue weighted by atomic mass is 10.0. The minimum absolute atomic E-state index is 0.0440. The summed E-state index contributed by atoms with van der Waals surface area (Å²) in [4.78, 5) is 28.2. The number of aliphatic carboxylic acids is 1. The van der Waals surface area contributed by atoms with Crippen LogP contribution < -0.4 is 0 Å². The second-order valence-electron chi connectivity index (χ2n) is 4.06. The van der Waals surface area contributed by atoms with E-state index < -0.39 is 5.97 Å². The number of likely N-dealkylation sites (N-methyl/N-ethyl adjacent to an activating group) is 1. The van der Waals surface area contributed by atoms with Crippen molar-refractivity contribution in [1.82, 2.24) is 9.88 Å². The van der Waals surface area contributed by atoms with Gasteiger partial charge in [-0.3, -0.25) is 14.7 Å². The van der Waals surface area contributed by atoms with Crippen molar-refractivity contribution in [3.8, 4) is 0 Å². The molecule has 0 saturated heterocycles. The van der Waals surface area contributed by atoms with E-state index in [2.05, 4.69) is 4.98 Å². The van der Waals surface area contributed by atoms with E-state index >= 15 is 0 Å². The van der Waals surface area contributed by atoms with Gasteiger partial charge in [0.2, 0.25) is 0 Å². The van der Waals surface area contributed by atoms with Gasteiger partial charge >= 0.3 is 5.97 Å². The van der Waals surface area contributed by atoms with Gasteiger partial charge in [0.1, 0.15) is 0 Å². The highest BCUT2D eigenvalue weighted by Crippen LogP contribution is 2.10. The number of rotatable bonds is 6. The number of pyridine rings is 1. The average molecular weight is 248 g/mol. The normalized spacial score (nSPS) is 12.8. The van der Waals surface area contributed by atoms with Crippen molar-refractivity contribution < 1.29 is 14.7 Å². The summed E-state index contributed by atoms with van der Waals surface area (Å²) in [6.45, 7) is 0. The molecule has 0 aromatic carbocycles. The van der Waals surface area contributed by atoms with E-state index in [-0.39, 0.29) is 11.8 Å². The number of carboxylic acids is 1. The topological polar surface area (TPSA) is 70.5 Å². The van der Waals surface area contributed by atoms with Crippen molar-refractivity contribution in [3.05, 3.63) is 42.2 Å². The highest BCUT2D eigenvalue weighted by molar-refractivity contribution is 6.00. The molecule has 18 heavy (non-hydrogen) atoms. The number of aromatic nitrogens is 1. The molecule has 1 aromatic heterocycles. The van der Waals surface area contributed by atoms with Crippen LogP contribution >= 0.6 is 0 Å². The predicted molar refractivity (Wildman–Crippen MR) is 67.4 cm³/mol. The molecule has 96 valence electrons. The Balaban J connectivity index is 2.79. The predicted octanol–water partition coefficient (Wildman–Crippen LogP) is 1.23. The van der Waals surface area contributed by atoms with Crippen LogP contribution in [-0.2, 0) is 4.79 Å². The highest BCUT2D eigenvalue weighted by Gasteiger charge is 2.20. The highest BCUT2D eigenvalue weighted by atomic mass is 16.4. The Hall–Kier alpha value is -2.01. The van der Waals surface area contributed by atoms with E-state index in [0.29, 0.717) is 12.0 Å². The van der Waals surface area contributed by atoms with Gasteiger partial charge in [0, 0.05) is 24.0 Å². The van der Waals surface area contributed by atoms with Gasteiger partial charge in [-0.25, -0.2) is 4.79 Å². The quantitative estimate of drug-likeness (QED) is 0.605. The van der Waals surface area contributed by atoms with Crippen molar-refractivity contribution in [3.63, 3.8) is 0 Å². The number of Topliss-reactive ketones (excluding diaryl/α,β-unsaturated/α-hetero) is 1. The zero-order valence-electron chi connectivity index (χ0n) is 10.4. The molecule has 1 N–H and O–H groups in total. The minimum atomic E-state index is -1.01. The Morgan fingerprint density at radius 1 is 1.39 bits per heavy atom. The number of hydrogen-bond donors (Lipinski definition) is 1. The van der Waals surface area contributed by atoms with Crippen LogP contribution in [0.2, 0.25) is 0 Å². The lowest BCUT2D eigenvalue weighted by molar-refractivity contribution is -0.131. The first-order valence-electron chi connectivity index (χ1n) is 5.52. The van der Waals surface area contributed by atoms with Gasteiger partial charge in [-0.1, -0.05) is 6.08 Å². The second-order valence-corrected chi connectivity index (χ2v) is 4.06. The summed E-state index contributed by atoms with van der Waals surface area (Å²) in [6.07, 6.45) is 6.03. The molecule has 1 heterocycles. The molecular weight excluding hydrogens is 232 g/mol. The van der Waals surface area contributed by atoms with Gasteiger partial charge in [0.25, 0.3) is 0 Å². The summed E-state index contributed by atoms with van der Waals surface area (Å²) in [6, 6.07) is 2.93. The Morgan fingerprint density at radius 2 is 2.00 bits per heavy atom. The first-order chi connectivity index (χ1) is 8.52. The van der Waals surface area contributed by atoms with E-state index in [1.54, 1.807) is 43.5 Å². The van der Waals surface area contributed by atoms with Crippen LogP contribution in [-0.4, -0.2) is 46.9 Å². The van der Waals surface area contributed by atoms with E-state index in [1.807, 2.05) is 0 Å². The van der Waals surface area contributed by atoms with Gasteiger partial charge in [0.15, 0.2) is 5.78 Å². The molecule has 0 bridgehead atoms. The van der Waals surface area contributed by atoms with Crippen molar-refractivity contribution in [2.75, 3.05) is 14.1 Å². The van der Waals surface area contributed by atoms with Gasteiger partial charge < -0.3 is 5.11 Å². The third-order valence-electron chi connectivity index (χ3n) is 2.51. The summed E-state index contributed by atoms with van der Waals surface area (Å²) >= 11 is 0. The van der Waals surface area contributed by atoms with Crippen LogP contribution in [0.15, 0.2) is 36.7 Å².